The fourth-order valence-corrected chi connectivity index (χ4v) is 0. The molecule has 0 spiro atoms. The van der Waals surface area contributed by atoms with Crippen LogP contribution in [0.1, 0.15) is 0 Å². The number of hydrogen-bond acceptors (Lipinski definition) is 0. The summed E-state index contributed by atoms with van der Waals surface area (Å²) in [4.78, 5) is 0. The van der Waals surface area contributed by atoms with Gasteiger partial charge in [-0.05, 0) is 0 Å². The molecule has 0 aromatic rings. The van der Waals surface area contributed by atoms with Crippen LogP contribution in [0.15, 0.2) is 0 Å². The van der Waals surface area contributed by atoms with Crippen LogP contribution >= 0.6 is 0 Å². The van der Waals surface area contributed by atoms with Crippen molar-refractivity contribution in [2.24, 2.45) is 0 Å². The first kappa shape index (κ1) is 156. The molecule has 0 aromatic heterocycles. The molecule has 2 radical (unpaired) electrons. The van der Waals surface area contributed by atoms with Gasteiger partial charge in [0.15, 0.2) is 0 Å². The minimum Gasteiger partial charge on any atom is -2.00 e. The van der Waals surface area contributed by atoms with Gasteiger partial charge in [0, 0.05) is 0 Å². The van der Waals surface area contributed by atoms with Crippen LogP contribution < -0.4 is 0 Å². The van der Waals surface area contributed by atoms with Crippen molar-refractivity contribution < 1.29 is 153 Å². The summed E-state index contributed by atoms with van der Waals surface area (Å²) in [5.74, 6) is 0. The van der Waals surface area contributed by atoms with E-state index in [0.29, 0.717) is 0 Å². The summed E-state index contributed by atoms with van der Waals surface area (Å²) < 4.78 is 0. The Morgan fingerprint density at radius 3 is 0.308 bits per heavy atom. The Kier molecular flexibility index (Phi) is 1590. The van der Waals surface area contributed by atoms with Crippen molar-refractivity contribution >= 4 is 97.8 Å². The van der Waals surface area contributed by atoms with Crippen LogP contribution in [-0.4, -0.2) is 97.8 Å². The molecule has 0 N–H and O–H groups in total. The Labute approximate surface area is 243 Å². The summed E-state index contributed by atoms with van der Waals surface area (Å²) in [6.45, 7) is 0. The monoisotopic (exact) mass is 803 g/mol. The predicted octanol–water partition coefficient (Wildman–Crippen LogP) is -1.60. The summed E-state index contributed by atoms with van der Waals surface area (Å²) in [5.41, 5.74) is 0. The maximum Gasteiger partial charge on any atom is 3.00 e. The van der Waals surface area contributed by atoms with Gasteiger partial charge in [0.05, 0.1) is 0 Å². The van der Waals surface area contributed by atoms with E-state index in [4.69, 9.17) is 0 Å². The van der Waals surface area contributed by atoms with Gasteiger partial charge >= 0.3 is 213 Å². The second-order valence-corrected chi connectivity index (χ2v) is 0. The van der Waals surface area contributed by atoms with Crippen LogP contribution in [0, 0.1) is 80.8 Å². The first-order valence-corrected chi connectivity index (χ1v) is 0. The normalized spacial score (nSPS) is 0. The van der Waals surface area contributed by atoms with E-state index in [1.807, 2.05) is 0 Å². The van der Waals surface area contributed by atoms with Gasteiger partial charge in [0.25, 0.3) is 0 Å². The molecule has 13 heavy (non-hydrogen) atoms. The Bertz CT molecular complexity index is 22.5. The molecule has 0 atom stereocenters. The third kappa shape index (κ3) is 118. The molecule has 0 heterocycles. The molecule has 0 bridgehead atoms. The zero-order chi connectivity index (χ0) is 0. The Morgan fingerprint density at radius 2 is 0.308 bits per heavy atom. The van der Waals surface area contributed by atoms with Gasteiger partial charge in [-0.3, -0.25) is 0 Å². The molecule has 0 saturated carbocycles. The zero-order valence-corrected chi connectivity index (χ0v) is 22.3. The van der Waals surface area contributed by atoms with Crippen molar-refractivity contribution in [3.05, 3.63) is 0 Å². The fraction of sp³-hybridized carbons (Fsp3) is 0. The van der Waals surface area contributed by atoms with E-state index in [2.05, 4.69) is 0 Å². The van der Waals surface area contributed by atoms with E-state index >= 15 is 0 Å². The van der Waals surface area contributed by atoms with Crippen molar-refractivity contribution in [1.29, 1.82) is 0 Å². The van der Waals surface area contributed by atoms with E-state index in [-0.39, 0.29) is 251 Å². The molecule has 0 unspecified atom stereocenters. The van der Waals surface area contributed by atoms with Crippen molar-refractivity contribution in [2.45, 2.75) is 0 Å². The second-order valence-electron chi connectivity index (χ2n) is 0. The van der Waals surface area contributed by atoms with Gasteiger partial charge in [-0.15, -0.1) is 0 Å². The number of hydrogen-bond donors (Lipinski definition) is 0. The van der Waals surface area contributed by atoms with Crippen molar-refractivity contribution in [3.8, 4) is 0 Å². The van der Waals surface area contributed by atoms with E-state index in [1.54, 1.807) is 0 Å². The number of rotatable bonds is 0. The smallest absolute Gasteiger partial charge is 2.00 e. The van der Waals surface area contributed by atoms with E-state index < -0.39 is 0 Å². The molecule has 0 aliphatic carbocycles. The van der Waals surface area contributed by atoms with Gasteiger partial charge in [0.1, 0.15) is 0 Å². The molecule has 78 valence electrons. The summed E-state index contributed by atoms with van der Waals surface area (Å²) >= 11 is 0. The van der Waals surface area contributed by atoms with Crippen LogP contribution in [0.3, 0.4) is 0 Å². The summed E-state index contributed by atoms with van der Waals surface area (Å²) in [7, 11) is 0. The molecular formula is Ba2Cu2O7Pm2. The van der Waals surface area contributed by atoms with Crippen LogP contribution in [0.2, 0.25) is 0 Å². The SMILES string of the molecule is [Ba+2].[Ba+2].[Cu+2].[Cu+2].[O-2].[O-2].[O-2].[O-2].[O-2].[O-2].[O-2].[Pm+3].[Pm+3]. The maximum absolute atomic E-state index is 0. The molecule has 13 heteroatoms. The first-order chi connectivity index (χ1) is 0. The van der Waals surface area contributed by atoms with E-state index in [0.717, 1.165) is 0 Å². The van der Waals surface area contributed by atoms with Gasteiger partial charge in [-0.2, -0.15) is 0 Å². The van der Waals surface area contributed by atoms with Crippen LogP contribution in [-0.2, 0) is 72.5 Å². The van der Waals surface area contributed by atoms with E-state index in [1.165, 1.54) is 0 Å². The topological polar surface area (TPSA) is 200 Å². The maximum atomic E-state index is 0. The van der Waals surface area contributed by atoms with E-state index in [9.17, 15) is 0 Å². The molecule has 0 rings (SSSR count). The minimum atomic E-state index is 0. The Morgan fingerprint density at radius 1 is 0.308 bits per heavy atom. The Hall–Kier alpha value is 6.58. The van der Waals surface area contributed by atoms with Crippen LogP contribution in [0.25, 0.3) is 0 Å². The molecule has 0 fully saturated rings. The third-order valence-corrected chi connectivity index (χ3v) is 0. The van der Waals surface area contributed by atoms with Crippen molar-refractivity contribution in [1.82, 2.24) is 0 Å². The van der Waals surface area contributed by atoms with Gasteiger partial charge in [-0.25, -0.2) is 0 Å². The standard InChI is InChI=1S/2Ba.2Cu.7O.2Pm/q4*+2;7*-2;2*+3. The average molecular weight is 804 g/mol. The fourth-order valence-electron chi connectivity index (χ4n) is 0. The second kappa shape index (κ2) is 133. The molecular weight excluding hydrogens is 804 g/mol. The van der Waals surface area contributed by atoms with Gasteiger partial charge in [-0.1, -0.05) is 0 Å². The van der Waals surface area contributed by atoms with Crippen LogP contribution in [0.4, 0.5) is 0 Å². The summed E-state index contributed by atoms with van der Waals surface area (Å²) in [5, 5.41) is 0. The molecule has 0 aromatic carbocycles. The molecule has 0 saturated heterocycles. The van der Waals surface area contributed by atoms with Gasteiger partial charge in [0.2, 0.25) is 0 Å². The molecule has 0 aliphatic heterocycles. The predicted molar refractivity (Wildman–Crippen MR) is 16.3 cm³/mol. The van der Waals surface area contributed by atoms with Crippen molar-refractivity contribution in [3.63, 3.8) is 0 Å². The molecule has 0 amide bonds. The van der Waals surface area contributed by atoms with Crippen LogP contribution in [0.5, 0.6) is 0 Å². The average Bonchev–Trinajstić information content (AvgIpc) is 0. The summed E-state index contributed by atoms with van der Waals surface area (Å²) in [6, 6.07) is 0. The quantitative estimate of drug-likeness (QED) is 0.255. The van der Waals surface area contributed by atoms with Gasteiger partial charge < -0.3 is 38.3 Å². The molecule has 0 aliphatic rings. The van der Waals surface area contributed by atoms with Crippen molar-refractivity contribution in [2.75, 3.05) is 0 Å². The minimum absolute atomic E-state index is 0. The zero-order valence-electron chi connectivity index (χ0n) is 5.77. The third-order valence-electron chi connectivity index (χ3n) is 0. The Balaban J connectivity index is 0. The first-order valence-electron chi connectivity index (χ1n) is 0. The largest absolute Gasteiger partial charge is 3.00 e. The summed E-state index contributed by atoms with van der Waals surface area (Å²) in [6.07, 6.45) is 0. The molecule has 7 nitrogen and oxygen atoms in total.